The zero-order valence-corrected chi connectivity index (χ0v) is 10.7. The van der Waals surface area contributed by atoms with Crippen molar-refractivity contribution in [1.82, 2.24) is 5.32 Å². The summed E-state index contributed by atoms with van der Waals surface area (Å²) in [5, 5.41) is 2.62. The molecule has 18 heavy (non-hydrogen) atoms. The van der Waals surface area contributed by atoms with Gasteiger partial charge in [0.25, 0.3) is 0 Å². The number of aryl methyl sites for hydroxylation is 1. The van der Waals surface area contributed by atoms with Crippen LogP contribution in [0.1, 0.15) is 28.8 Å². The molecule has 1 heterocycles. The molecule has 1 amide bonds. The fourth-order valence-electron chi connectivity index (χ4n) is 1.37. The maximum absolute atomic E-state index is 11.3. The molecular formula is C12H17NO5. The van der Waals surface area contributed by atoms with Crippen LogP contribution >= 0.6 is 0 Å². The number of furan rings is 1. The standard InChI is InChI=1S/C12H17NO5/c1-4-17-7-11(14)13-6-9-5-10(8(2)18-9)12(15)16-3/h5H,4,6-7H2,1-3H3,(H,13,14). The second kappa shape index (κ2) is 6.80. The highest BCUT2D eigenvalue weighted by molar-refractivity contribution is 5.90. The molecule has 0 unspecified atom stereocenters. The Labute approximate surface area is 105 Å². The Bertz CT molecular complexity index is 424. The first kappa shape index (κ1) is 14.2. The molecule has 0 fully saturated rings. The van der Waals surface area contributed by atoms with Crippen LogP contribution in [-0.2, 0) is 20.8 Å². The van der Waals surface area contributed by atoms with E-state index in [-0.39, 0.29) is 19.1 Å². The summed E-state index contributed by atoms with van der Waals surface area (Å²) < 4.78 is 14.9. The largest absolute Gasteiger partial charge is 0.465 e. The number of esters is 1. The van der Waals surface area contributed by atoms with Crippen LogP contribution < -0.4 is 5.32 Å². The highest BCUT2D eigenvalue weighted by atomic mass is 16.5. The second-order valence-corrected chi connectivity index (χ2v) is 3.59. The number of nitrogens with one attached hydrogen (secondary N) is 1. The van der Waals surface area contributed by atoms with E-state index in [9.17, 15) is 9.59 Å². The molecule has 100 valence electrons. The van der Waals surface area contributed by atoms with Crippen molar-refractivity contribution in [3.63, 3.8) is 0 Å². The molecule has 0 aliphatic rings. The summed E-state index contributed by atoms with van der Waals surface area (Å²) in [4.78, 5) is 22.6. The molecular weight excluding hydrogens is 238 g/mol. The van der Waals surface area contributed by atoms with E-state index in [0.717, 1.165) is 0 Å². The van der Waals surface area contributed by atoms with E-state index in [1.165, 1.54) is 7.11 Å². The predicted molar refractivity (Wildman–Crippen MR) is 63.1 cm³/mol. The van der Waals surface area contributed by atoms with Gasteiger partial charge < -0.3 is 19.2 Å². The third kappa shape index (κ3) is 3.89. The molecule has 0 radical (unpaired) electrons. The van der Waals surface area contributed by atoms with Crippen molar-refractivity contribution < 1.29 is 23.5 Å². The molecule has 6 heteroatoms. The lowest BCUT2D eigenvalue weighted by molar-refractivity contribution is -0.125. The summed E-state index contributed by atoms with van der Waals surface area (Å²) in [6.45, 7) is 4.19. The van der Waals surface area contributed by atoms with Gasteiger partial charge in [-0.25, -0.2) is 4.79 Å². The fraction of sp³-hybridized carbons (Fsp3) is 0.500. The van der Waals surface area contributed by atoms with Crippen LogP contribution in [0.3, 0.4) is 0 Å². The van der Waals surface area contributed by atoms with Crippen molar-refractivity contribution in [1.29, 1.82) is 0 Å². The van der Waals surface area contributed by atoms with Gasteiger partial charge in [0.2, 0.25) is 5.91 Å². The number of rotatable bonds is 6. The van der Waals surface area contributed by atoms with E-state index in [4.69, 9.17) is 9.15 Å². The maximum atomic E-state index is 11.3. The Morgan fingerprint density at radius 1 is 1.44 bits per heavy atom. The second-order valence-electron chi connectivity index (χ2n) is 3.59. The van der Waals surface area contributed by atoms with Gasteiger partial charge >= 0.3 is 5.97 Å². The third-order valence-corrected chi connectivity index (χ3v) is 2.27. The molecule has 1 rings (SSSR count). The number of hydrogen-bond donors (Lipinski definition) is 1. The Hall–Kier alpha value is -1.82. The van der Waals surface area contributed by atoms with Gasteiger partial charge in [-0.2, -0.15) is 0 Å². The van der Waals surface area contributed by atoms with Crippen molar-refractivity contribution in [2.75, 3.05) is 20.3 Å². The average Bonchev–Trinajstić information content (AvgIpc) is 2.74. The molecule has 0 aromatic carbocycles. The molecule has 0 saturated heterocycles. The molecule has 0 aliphatic heterocycles. The molecule has 0 saturated carbocycles. The topological polar surface area (TPSA) is 77.8 Å². The number of amides is 1. The Kier molecular flexibility index (Phi) is 5.38. The first-order valence-corrected chi connectivity index (χ1v) is 5.60. The van der Waals surface area contributed by atoms with E-state index in [1.807, 2.05) is 6.92 Å². The van der Waals surface area contributed by atoms with Crippen LogP contribution in [0.2, 0.25) is 0 Å². The van der Waals surface area contributed by atoms with Crippen molar-refractivity contribution in [2.45, 2.75) is 20.4 Å². The van der Waals surface area contributed by atoms with Gasteiger partial charge in [-0.1, -0.05) is 0 Å². The summed E-state index contributed by atoms with van der Waals surface area (Å²) in [7, 11) is 1.30. The Morgan fingerprint density at radius 2 is 2.17 bits per heavy atom. The lowest BCUT2D eigenvalue weighted by atomic mass is 10.2. The highest BCUT2D eigenvalue weighted by Crippen LogP contribution is 2.15. The predicted octanol–water partition coefficient (Wildman–Crippen LogP) is 1.03. The van der Waals surface area contributed by atoms with Crippen molar-refractivity contribution in [3.8, 4) is 0 Å². The fourth-order valence-corrected chi connectivity index (χ4v) is 1.37. The summed E-state index contributed by atoms with van der Waals surface area (Å²) in [5.41, 5.74) is 0.367. The van der Waals surface area contributed by atoms with Crippen LogP contribution in [0.4, 0.5) is 0 Å². The Balaban J connectivity index is 2.53. The zero-order valence-electron chi connectivity index (χ0n) is 10.7. The molecule has 0 bridgehead atoms. The summed E-state index contributed by atoms with van der Waals surface area (Å²) >= 11 is 0. The number of ether oxygens (including phenoxy) is 2. The summed E-state index contributed by atoms with van der Waals surface area (Å²) in [5.74, 6) is 0.280. The number of hydrogen-bond acceptors (Lipinski definition) is 5. The van der Waals surface area contributed by atoms with Gasteiger partial charge in [-0.15, -0.1) is 0 Å². The van der Waals surface area contributed by atoms with Crippen LogP contribution in [0.5, 0.6) is 0 Å². The van der Waals surface area contributed by atoms with Gasteiger partial charge in [-0.05, 0) is 19.9 Å². The van der Waals surface area contributed by atoms with E-state index in [1.54, 1.807) is 13.0 Å². The molecule has 0 aliphatic carbocycles. The van der Waals surface area contributed by atoms with Crippen LogP contribution in [0, 0.1) is 6.92 Å². The van der Waals surface area contributed by atoms with E-state index in [2.05, 4.69) is 10.1 Å². The monoisotopic (exact) mass is 255 g/mol. The van der Waals surface area contributed by atoms with Crippen LogP contribution in [0.15, 0.2) is 10.5 Å². The van der Waals surface area contributed by atoms with Gasteiger partial charge in [0.1, 0.15) is 23.7 Å². The van der Waals surface area contributed by atoms with Crippen molar-refractivity contribution in [2.24, 2.45) is 0 Å². The number of carbonyl (C=O) groups is 2. The molecule has 1 aromatic rings. The summed E-state index contributed by atoms with van der Waals surface area (Å²) in [6, 6.07) is 1.56. The number of methoxy groups -OCH3 is 1. The SMILES string of the molecule is CCOCC(=O)NCc1cc(C(=O)OC)c(C)o1. The van der Waals surface area contributed by atoms with Gasteiger partial charge in [-0.3, -0.25) is 4.79 Å². The lowest BCUT2D eigenvalue weighted by Crippen LogP contribution is -2.26. The molecule has 0 atom stereocenters. The quantitative estimate of drug-likeness (QED) is 0.768. The lowest BCUT2D eigenvalue weighted by Gasteiger charge is -2.02. The molecule has 6 nitrogen and oxygen atoms in total. The molecule has 0 spiro atoms. The zero-order chi connectivity index (χ0) is 13.5. The average molecular weight is 255 g/mol. The maximum Gasteiger partial charge on any atom is 0.341 e. The van der Waals surface area contributed by atoms with E-state index < -0.39 is 5.97 Å². The van der Waals surface area contributed by atoms with Gasteiger partial charge in [0.15, 0.2) is 0 Å². The van der Waals surface area contributed by atoms with Crippen LogP contribution in [0.25, 0.3) is 0 Å². The number of carbonyl (C=O) groups excluding carboxylic acids is 2. The minimum absolute atomic E-state index is 0.0139. The van der Waals surface area contributed by atoms with Crippen molar-refractivity contribution in [3.05, 3.63) is 23.2 Å². The highest BCUT2D eigenvalue weighted by Gasteiger charge is 2.15. The van der Waals surface area contributed by atoms with Gasteiger partial charge in [0, 0.05) is 6.61 Å². The normalized spacial score (nSPS) is 10.2. The van der Waals surface area contributed by atoms with E-state index in [0.29, 0.717) is 23.7 Å². The summed E-state index contributed by atoms with van der Waals surface area (Å²) in [6.07, 6.45) is 0. The Morgan fingerprint density at radius 3 is 2.78 bits per heavy atom. The minimum Gasteiger partial charge on any atom is -0.465 e. The van der Waals surface area contributed by atoms with Gasteiger partial charge in [0.05, 0.1) is 13.7 Å². The first-order chi connectivity index (χ1) is 8.58. The minimum atomic E-state index is -0.455. The third-order valence-electron chi connectivity index (χ3n) is 2.27. The van der Waals surface area contributed by atoms with E-state index >= 15 is 0 Å². The molecule has 1 aromatic heterocycles. The van der Waals surface area contributed by atoms with Crippen molar-refractivity contribution >= 4 is 11.9 Å². The van der Waals surface area contributed by atoms with Crippen LogP contribution in [-0.4, -0.2) is 32.2 Å². The molecule has 1 N–H and O–H groups in total. The first-order valence-electron chi connectivity index (χ1n) is 5.60. The smallest absolute Gasteiger partial charge is 0.341 e.